The van der Waals surface area contributed by atoms with E-state index in [-0.39, 0.29) is 17.6 Å². The number of benzene rings is 2. The van der Waals surface area contributed by atoms with Gasteiger partial charge >= 0.3 is 0 Å². The van der Waals surface area contributed by atoms with Gasteiger partial charge < -0.3 is 24.5 Å². The summed E-state index contributed by atoms with van der Waals surface area (Å²) in [6, 6.07) is 16.2. The van der Waals surface area contributed by atoms with Crippen molar-refractivity contribution in [3.8, 4) is 11.5 Å². The van der Waals surface area contributed by atoms with Crippen LogP contribution in [0.2, 0.25) is 0 Å². The third-order valence-electron chi connectivity index (χ3n) is 5.64. The predicted octanol–water partition coefficient (Wildman–Crippen LogP) is 4.26. The minimum atomic E-state index is -0.451. The molecule has 1 heterocycles. The van der Waals surface area contributed by atoms with Crippen molar-refractivity contribution >= 4 is 17.9 Å². The third kappa shape index (κ3) is 5.09. The molecule has 1 atom stereocenters. The van der Waals surface area contributed by atoms with Crippen LogP contribution < -0.4 is 20.1 Å². The van der Waals surface area contributed by atoms with Crippen LogP contribution in [0.1, 0.15) is 46.1 Å². The van der Waals surface area contributed by atoms with Crippen molar-refractivity contribution in [1.29, 1.82) is 0 Å². The predicted molar refractivity (Wildman–Crippen MR) is 124 cm³/mol. The molecule has 33 heavy (non-hydrogen) atoms. The number of carbonyl (C=O) groups excluding carboxylic acids is 2. The van der Waals surface area contributed by atoms with E-state index in [1.54, 1.807) is 30.3 Å². The molecule has 0 aliphatic heterocycles. The molecule has 170 valence electrons. The second-order valence-electron chi connectivity index (χ2n) is 7.71. The molecule has 1 aromatic heterocycles. The van der Waals surface area contributed by atoms with Gasteiger partial charge in [0.1, 0.15) is 11.5 Å². The van der Waals surface area contributed by atoms with Gasteiger partial charge in [0.25, 0.3) is 11.8 Å². The number of hydrogen-bond donors (Lipinski definition) is 2. The average Bonchev–Trinajstić information content (AvgIpc) is 3.36. The number of furan rings is 1. The third-order valence-corrected chi connectivity index (χ3v) is 5.64. The molecule has 1 aliphatic carbocycles. The summed E-state index contributed by atoms with van der Waals surface area (Å²) in [4.78, 5) is 26.2. The SMILES string of the molecule is COc1ccc(C(=O)N/C(=C\c2ccco2)C(=O)N[C@@H]2CCCc3ccccc32)cc1OC. The Hall–Kier alpha value is -4.00. The molecule has 4 rings (SSSR count). The molecule has 2 N–H and O–H groups in total. The number of ether oxygens (including phenoxy) is 2. The van der Waals surface area contributed by atoms with Crippen molar-refractivity contribution in [3.63, 3.8) is 0 Å². The number of methoxy groups -OCH3 is 2. The summed E-state index contributed by atoms with van der Waals surface area (Å²) in [6.07, 6.45) is 5.84. The Kier molecular flexibility index (Phi) is 6.78. The van der Waals surface area contributed by atoms with Crippen molar-refractivity contribution in [2.75, 3.05) is 14.2 Å². The Morgan fingerprint density at radius 1 is 1.03 bits per heavy atom. The summed E-state index contributed by atoms with van der Waals surface area (Å²) < 4.78 is 15.9. The van der Waals surface area contributed by atoms with Crippen LogP contribution in [0.3, 0.4) is 0 Å². The topological polar surface area (TPSA) is 89.8 Å². The lowest BCUT2D eigenvalue weighted by molar-refractivity contribution is -0.118. The highest BCUT2D eigenvalue weighted by atomic mass is 16.5. The first kappa shape index (κ1) is 22.2. The van der Waals surface area contributed by atoms with E-state index in [0.29, 0.717) is 22.8 Å². The zero-order valence-electron chi connectivity index (χ0n) is 18.6. The minimum absolute atomic E-state index is 0.0905. The van der Waals surface area contributed by atoms with Gasteiger partial charge in [-0.05, 0) is 60.7 Å². The van der Waals surface area contributed by atoms with Crippen molar-refractivity contribution < 1.29 is 23.5 Å². The van der Waals surface area contributed by atoms with Crippen LogP contribution in [0.25, 0.3) is 6.08 Å². The Balaban J connectivity index is 1.57. The standard InChI is InChI=1S/C26H26N2O5/c1-31-23-13-12-18(15-24(23)32-2)25(29)28-22(16-19-9-6-14-33-19)26(30)27-21-11-5-8-17-7-3-4-10-20(17)21/h3-4,6-7,9-10,12-16,21H,5,8,11H2,1-2H3,(H,27,30)(H,28,29)/b22-16-/t21-/m1/s1. The van der Waals surface area contributed by atoms with Gasteiger partial charge in [-0.1, -0.05) is 24.3 Å². The molecule has 0 bridgehead atoms. The summed E-state index contributed by atoms with van der Waals surface area (Å²) in [5.41, 5.74) is 2.77. The lowest BCUT2D eigenvalue weighted by Gasteiger charge is -2.26. The fourth-order valence-electron chi connectivity index (χ4n) is 3.99. The average molecular weight is 447 g/mol. The van der Waals surface area contributed by atoms with Gasteiger partial charge in [0.05, 0.1) is 26.5 Å². The first-order chi connectivity index (χ1) is 16.1. The smallest absolute Gasteiger partial charge is 0.268 e. The molecular weight excluding hydrogens is 420 g/mol. The van der Waals surface area contributed by atoms with Crippen LogP contribution >= 0.6 is 0 Å². The zero-order valence-corrected chi connectivity index (χ0v) is 18.6. The molecule has 0 fully saturated rings. The highest BCUT2D eigenvalue weighted by Crippen LogP contribution is 2.30. The minimum Gasteiger partial charge on any atom is -0.493 e. The Labute approximate surface area is 192 Å². The Bertz CT molecular complexity index is 1170. The summed E-state index contributed by atoms with van der Waals surface area (Å²) >= 11 is 0. The van der Waals surface area contributed by atoms with Crippen LogP contribution in [0.5, 0.6) is 11.5 Å². The fraction of sp³-hybridized carbons (Fsp3) is 0.231. The van der Waals surface area contributed by atoms with E-state index in [0.717, 1.165) is 24.8 Å². The van der Waals surface area contributed by atoms with E-state index in [9.17, 15) is 9.59 Å². The van der Waals surface area contributed by atoms with Crippen molar-refractivity contribution in [2.24, 2.45) is 0 Å². The second-order valence-corrected chi connectivity index (χ2v) is 7.71. The first-order valence-electron chi connectivity index (χ1n) is 10.8. The monoisotopic (exact) mass is 446 g/mol. The van der Waals surface area contributed by atoms with Gasteiger partial charge in [-0.25, -0.2) is 0 Å². The van der Waals surface area contributed by atoms with Gasteiger partial charge in [0, 0.05) is 11.6 Å². The van der Waals surface area contributed by atoms with E-state index in [4.69, 9.17) is 13.9 Å². The maximum absolute atomic E-state index is 13.3. The lowest BCUT2D eigenvalue weighted by atomic mass is 9.87. The molecule has 2 amide bonds. The van der Waals surface area contributed by atoms with Gasteiger partial charge in [0.15, 0.2) is 11.5 Å². The van der Waals surface area contributed by atoms with Gasteiger partial charge in [-0.3, -0.25) is 9.59 Å². The van der Waals surface area contributed by atoms with E-state index in [1.165, 1.54) is 32.1 Å². The molecule has 0 saturated heterocycles. The van der Waals surface area contributed by atoms with E-state index in [1.807, 2.05) is 18.2 Å². The number of carbonyl (C=O) groups is 2. The molecule has 2 aromatic carbocycles. The number of rotatable bonds is 7. The van der Waals surface area contributed by atoms with Crippen molar-refractivity contribution in [3.05, 3.63) is 89.0 Å². The van der Waals surface area contributed by atoms with Crippen LogP contribution in [-0.4, -0.2) is 26.0 Å². The highest BCUT2D eigenvalue weighted by Gasteiger charge is 2.24. The summed E-state index contributed by atoms with van der Waals surface area (Å²) in [5.74, 6) is 0.547. The molecule has 7 heteroatoms. The molecule has 0 unspecified atom stereocenters. The highest BCUT2D eigenvalue weighted by molar-refractivity contribution is 6.05. The van der Waals surface area contributed by atoms with E-state index < -0.39 is 5.91 Å². The van der Waals surface area contributed by atoms with Gasteiger partial charge in [-0.15, -0.1) is 0 Å². The number of fused-ring (bicyclic) bond motifs is 1. The molecule has 0 saturated carbocycles. The summed E-state index contributed by atoms with van der Waals surface area (Å²) in [6.45, 7) is 0. The second kappa shape index (κ2) is 10.1. The van der Waals surface area contributed by atoms with Gasteiger partial charge in [-0.2, -0.15) is 0 Å². The first-order valence-corrected chi connectivity index (χ1v) is 10.8. The van der Waals surface area contributed by atoms with Crippen LogP contribution in [0, 0.1) is 0 Å². The summed E-state index contributed by atoms with van der Waals surface area (Å²) in [7, 11) is 3.02. The summed E-state index contributed by atoms with van der Waals surface area (Å²) in [5, 5.41) is 5.80. The molecule has 3 aromatic rings. The number of amides is 2. The molecule has 0 spiro atoms. The zero-order chi connectivity index (χ0) is 23.2. The normalized spacial score (nSPS) is 15.3. The number of nitrogens with one attached hydrogen (secondary N) is 2. The maximum atomic E-state index is 13.3. The van der Waals surface area contributed by atoms with Crippen molar-refractivity contribution in [2.45, 2.75) is 25.3 Å². The molecular formula is C26H26N2O5. The van der Waals surface area contributed by atoms with Crippen LogP contribution in [0.4, 0.5) is 0 Å². The quantitative estimate of drug-likeness (QED) is 0.530. The maximum Gasteiger partial charge on any atom is 0.268 e. The fourth-order valence-corrected chi connectivity index (χ4v) is 3.99. The number of hydrogen-bond acceptors (Lipinski definition) is 5. The molecule has 1 aliphatic rings. The number of aryl methyl sites for hydroxylation is 1. The molecule has 0 radical (unpaired) electrons. The Morgan fingerprint density at radius 2 is 1.85 bits per heavy atom. The Morgan fingerprint density at radius 3 is 2.61 bits per heavy atom. The van der Waals surface area contributed by atoms with Gasteiger partial charge in [0.2, 0.25) is 0 Å². The van der Waals surface area contributed by atoms with Crippen LogP contribution in [0.15, 0.2) is 71.0 Å². The van der Waals surface area contributed by atoms with Crippen molar-refractivity contribution in [1.82, 2.24) is 10.6 Å². The van der Waals surface area contributed by atoms with E-state index >= 15 is 0 Å². The molecule has 7 nitrogen and oxygen atoms in total. The lowest BCUT2D eigenvalue weighted by Crippen LogP contribution is -2.37. The van der Waals surface area contributed by atoms with Crippen LogP contribution in [-0.2, 0) is 11.2 Å². The van der Waals surface area contributed by atoms with E-state index in [2.05, 4.69) is 16.7 Å². The largest absolute Gasteiger partial charge is 0.493 e.